The van der Waals surface area contributed by atoms with Gasteiger partial charge < -0.3 is 10.0 Å². The molecule has 0 radical (unpaired) electrons. The highest BCUT2D eigenvalue weighted by atomic mass is 19.1. The first kappa shape index (κ1) is 26.5. The zero-order valence-electron chi connectivity index (χ0n) is 21.8. The Morgan fingerprint density at radius 1 is 1.07 bits per heavy atom. The fraction of sp³-hybridized carbons (Fsp3) is 0.357. The molecule has 2 unspecified atom stereocenters. The zero-order chi connectivity index (χ0) is 28.7. The Morgan fingerprint density at radius 3 is 2.56 bits per heavy atom. The number of amides is 1. The summed E-state index contributed by atoms with van der Waals surface area (Å²) in [7, 11) is 0. The summed E-state index contributed by atoms with van der Waals surface area (Å²) in [6.45, 7) is 0.195. The van der Waals surface area contributed by atoms with Gasteiger partial charge in [0.1, 0.15) is 11.6 Å². The summed E-state index contributed by atoms with van der Waals surface area (Å²) in [6.07, 6.45) is 3.64. The average Bonchev–Trinajstić information content (AvgIpc) is 3.20. The SMILES string of the molecule is [N-]=[N+]=N[C@@H]1c2cccnc2[C@@H](C2CC(n3c(=O)[nH]c4ncccc43)CCN2C(=O)O)CC[C@H]1c1cc(F)cc(F)c1. The first-order valence-corrected chi connectivity index (χ1v) is 13.4. The van der Waals surface area contributed by atoms with Gasteiger partial charge in [-0.25, -0.2) is 23.4 Å². The van der Waals surface area contributed by atoms with Crippen LogP contribution in [0.3, 0.4) is 0 Å². The van der Waals surface area contributed by atoms with Gasteiger partial charge >= 0.3 is 11.8 Å². The summed E-state index contributed by atoms with van der Waals surface area (Å²) in [5, 5.41) is 14.2. The number of aromatic amines is 1. The highest BCUT2D eigenvalue weighted by Crippen LogP contribution is 2.48. The highest BCUT2D eigenvalue weighted by Gasteiger charge is 2.43. The van der Waals surface area contributed by atoms with Gasteiger partial charge in [0.15, 0.2) is 5.65 Å². The summed E-state index contributed by atoms with van der Waals surface area (Å²) in [5.74, 6) is -2.47. The van der Waals surface area contributed by atoms with Crippen molar-refractivity contribution < 1.29 is 18.7 Å². The molecule has 41 heavy (non-hydrogen) atoms. The normalized spacial score (nSPS) is 24.3. The molecule has 13 heteroatoms. The van der Waals surface area contributed by atoms with Crippen LogP contribution in [0.2, 0.25) is 0 Å². The number of carbonyl (C=O) groups is 1. The number of halogens is 2. The number of pyridine rings is 2. The molecule has 0 bridgehead atoms. The molecule has 3 aromatic heterocycles. The number of carboxylic acid groups (broad SMARTS) is 1. The van der Waals surface area contributed by atoms with Crippen LogP contribution in [0, 0.1) is 11.6 Å². The van der Waals surface area contributed by atoms with Crippen molar-refractivity contribution in [3.05, 3.63) is 104 Å². The summed E-state index contributed by atoms with van der Waals surface area (Å²) in [6, 6.07) is 8.59. The number of hydrogen-bond acceptors (Lipinski definition) is 5. The van der Waals surface area contributed by atoms with Gasteiger partial charge in [-0.05, 0) is 78.6 Å². The van der Waals surface area contributed by atoms with E-state index >= 15 is 0 Å². The topological polar surface area (TPSA) is 153 Å². The highest BCUT2D eigenvalue weighted by molar-refractivity contribution is 5.70. The molecule has 4 heterocycles. The first-order chi connectivity index (χ1) is 19.9. The summed E-state index contributed by atoms with van der Waals surface area (Å²) in [4.78, 5) is 41.6. The Bertz CT molecular complexity index is 1710. The third-order valence-electron chi connectivity index (χ3n) is 8.38. The second-order valence-electron chi connectivity index (χ2n) is 10.5. The molecule has 4 aromatic rings. The van der Waals surface area contributed by atoms with Crippen LogP contribution >= 0.6 is 0 Å². The molecule has 0 spiro atoms. The molecule has 210 valence electrons. The van der Waals surface area contributed by atoms with Crippen LogP contribution in [0.5, 0.6) is 0 Å². The molecule has 1 saturated heterocycles. The number of imidazole rings is 1. The van der Waals surface area contributed by atoms with E-state index in [0.29, 0.717) is 53.7 Å². The number of piperidine rings is 1. The van der Waals surface area contributed by atoms with E-state index in [1.165, 1.54) is 17.0 Å². The number of hydrogen-bond donors (Lipinski definition) is 2. The maximum atomic E-state index is 14.3. The van der Waals surface area contributed by atoms with Crippen LogP contribution in [0.15, 0.2) is 64.8 Å². The third kappa shape index (κ3) is 4.78. The van der Waals surface area contributed by atoms with Gasteiger partial charge in [-0.15, -0.1) is 0 Å². The van der Waals surface area contributed by atoms with Crippen molar-refractivity contribution >= 4 is 17.3 Å². The quantitative estimate of drug-likeness (QED) is 0.140. The van der Waals surface area contributed by atoms with E-state index in [1.807, 2.05) is 0 Å². The van der Waals surface area contributed by atoms with Crippen LogP contribution in [0.4, 0.5) is 13.6 Å². The number of fused-ring (bicyclic) bond motifs is 2. The minimum atomic E-state index is -1.08. The van der Waals surface area contributed by atoms with Crippen molar-refractivity contribution in [2.75, 3.05) is 6.54 Å². The smallest absolute Gasteiger partial charge is 0.407 e. The second kappa shape index (κ2) is 10.7. The Morgan fingerprint density at radius 2 is 1.80 bits per heavy atom. The van der Waals surface area contributed by atoms with Gasteiger partial charge in [-0.3, -0.25) is 14.5 Å². The molecule has 11 nitrogen and oxygen atoms in total. The van der Waals surface area contributed by atoms with Crippen molar-refractivity contribution in [1.29, 1.82) is 0 Å². The number of nitrogens with zero attached hydrogens (tertiary/aromatic N) is 7. The van der Waals surface area contributed by atoms with E-state index in [4.69, 9.17) is 0 Å². The molecular weight excluding hydrogens is 534 g/mol. The van der Waals surface area contributed by atoms with Gasteiger partial charge in [0.2, 0.25) is 0 Å². The van der Waals surface area contributed by atoms with Gasteiger partial charge in [0.05, 0.1) is 11.6 Å². The molecule has 1 aliphatic heterocycles. The minimum Gasteiger partial charge on any atom is -0.465 e. The van der Waals surface area contributed by atoms with Gasteiger partial charge in [0, 0.05) is 53.6 Å². The van der Waals surface area contributed by atoms with Crippen molar-refractivity contribution in [2.45, 2.75) is 55.6 Å². The van der Waals surface area contributed by atoms with Gasteiger partial charge in [-0.2, -0.15) is 0 Å². The van der Waals surface area contributed by atoms with E-state index in [1.54, 1.807) is 41.2 Å². The number of H-pyrrole nitrogens is 1. The Balaban J connectivity index is 1.44. The minimum absolute atomic E-state index is 0.195. The maximum Gasteiger partial charge on any atom is 0.407 e. The number of aromatic nitrogens is 4. The predicted octanol–water partition coefficient (Wildman–Crippen LogP) is 5.79. The molecule has 2 N–H and O–H groups in total. The maximum absolute atomic E-state index is 14.3. The fourth-order valence-corrected chi connectivity index (χ4v) is 6.72. The first-order valence-electron chi connectivity index (χ1n) is 13.4. The van der Waals surface area contributed by atoms with Crippen LogP contribution < -0.4 is 5.69 Å². The summed E-state index contributed by atoms with van der Waals surface area (Å²) < 4.78 is 30.2. The monoisotopic (exact) mass is 560 g/mol. The number of azide groups is 1. The van der Waals surface area contributed by atoms with E-state index in [-0.39, 0.29) is 18.3 Å². The Hall–Kier alpha value is -4.77. The van der Waals surface area contributed by atoms with E-state index < -0.39 is 41.6 Å². The number of likely N-dealkylation sites (tertiary alicyclic amines) is 1. The second-order valence-corrected chi connectivity index (χ2v) is 10.5. The standard InChI is InChI=1S/C28H26F2N8O3/c29-16-11-15(12-17(30)13-16)19-5-6-20(24-21(3-1-8-32-24)25(19)35-36-31)23-14-18(7-10-37(23)28(40)41)38-22-4-2-9-33-26(22)34-27(38)39/h1-4,8-9,11-13,18-20,23,25H,5-7,10,14H2,(H,40,41)(H,33,34,39)/t18?,19-,20+,23?,25-/m0/s1. The predicted molar refractivity (Wildman–Crippen MR) is 144 cm³/mol. The van der Waals surface area contributed by atoms with Crippen LogP contribution in [-0.4, -0.2) is 48.2 Å². The average molecular weight is 561 g/mol. The molecule has 2 aliphatic rings. The van der Waals surface area contributed by atoms with E-state index in [0.717, 1.165) is 6.07 Å². The molecule has 6 rings (SSSR count). The van der Waals surface area contributed by atoms with Crippen LogP contribution in [0.25, 0.3) is 21.6 Å². The molecule has 1 amide bonds. The number of rotatable bonds is 4. The van der Waals surface area contributed by atoms with Crippen molar-refractivity contribution in [2.24, 2.45) is 5.11 Å². The molecule has 1 aliphatic carbocycles. The fourth-order valence-electron chi connectivity index (χ4n) is 6.72. The number of benzene rings is 1. The largest absolute Gasteiger partial charge is 0.465 e. The lowest BCUT2D eigenvalue weighted by Crippen LogP contribution is -2.49. The summed E-state index contributed by atoms with van der Waals surface area (Å²) >= 11 is 0. The lowest BCUT2D eigenvalue weighted by molar-refractivity contribution is 0.0779. The lowest BCUT2D eigenvalue weighted by atomic mass is 9.82. The number of nitrogens with one attached hydrogen (secondary N) is 1. The molecular formula is C28H26F2N8O3. The van der Waals surface area contributed by atoms with E-state index in [2.05, 4.69) is 25.0 Å². The lowest BCUT2D eigenvalue weighted by Gasteiger charge is -2.42. The van der Waals surface area contributed by atoms with Crippen LogP contribution in [-0.2, 0) is 0 Å². The molecule has 0 saturated carbocycles. The molecule has 1 aromatic carbocycles. The molecule has 1 fully saturated rings. The van der Waals surface area contributed by atoms with Crippen molar-refractivity contribution in [3.63, 3.8) is 0 Å². The molecule has 5 atom stereocenters. The van der Waals surface area contributed by atoms with E-state index in [9.17, 15) is 29.0 Å². The Labute approximate surface area is 232 Å². The van der Waals surface area contributed by atoms with Gasteiger partial charge in [-0.1, -0.05) is 11.2 Å². The summed E-state index contributed by atoms with van der Waals surface area (Å²) in [5.41, 5.74) is 11.8. The van der Waals surface area contributed by atoms with Gasteiger partial charge in [0.25, 0.3) is 0 Å². The van der Waals surface area contributed by atoms with Crippen LogP contribution in [0.1, 0.15) is 66.4 Å². The van der Waals surface area contributed by atoms with Crippen molar-refractivity contribution in [1.82, 2.24) is 24.4 Å². The third-order valence-corrected chi connectivity index (χ3v) is 8.38. The Kier molecular flexibility index (Phi) is 6.88. The van der Waals surface area contributed by atoms with Crippen molar-refractivity contribution in [3.8, 4) is 0 Å². The zero-order valence-corrected chi connectivity index (χ0v) is 21.8.